The van der Waals surface area contributed by atoms with Gasteiger partial charge in [0.15, 0.2) is 5.78 Å². The highest BCUT2D eigenvalue weighted by Gasteiger charge is 2.12. The second-order valence-corrected chi connectivity index (χ2v) is 4.95. The fourth-order valence-electron chi connectivity index (χ4n) is 2.34. The molecule has 0 amide bonds. The molecule has 2 nitrogen and oxygen atoms in total. The van der Waals surface area contributed by atoms with Crippen LogP contribution in [0.1, 0.15) is 34.8 Å². The maximum absolute atomic E-state index is 11.8. The quantitative estimate of drug-likeness (QED) is 0.759. The maximum Gasteiger partial charge on any atom is 0.162 e. The second-order valence-electron chi connectivity index (χ2n) is 4.95. The lowest BCUT2D eigenvalue weighted by molar-refractivity contribution is 0.0988. The summed E-state index contributed by atoms with van der Waals surface area (Å²) in [5.41, 5.74) is 5.14. The van der Waals surface area contributed by atoms with Gasteiger partial charge in [-0.15, -0.1) is 0 Å². The summed E-state index contributed by atoms with van der Waals surface area (Å²) in [5, 5.41) is 0. The molecule has 0 bridgehead atoms. The minimum atomic E-state index is 0.162. The molecule has 0 spiro atoms. The Morgan fingerprint density at radius 3 is 2.55 bits per heavy atom. The Morgan fingerprint density at radius 1 is 1.15 bits per heavy atom. The van der Waals surface area contributed by atoms with Crippen molar-refractivity contribution >= 4 is 5.78 Å². The van der Waals surface area contributed by atoms with Gasteiger partial charge < -0.3 is 4.74 Å². The number of benzene rings is 2. The average Bonchev–Trinajstić information content (AvgIpc) is 2.49. The van der Waals surface area contributed by atoms with Crippen LogP contribution < -0.4 is 4.74 Å². The second kappa shape index (κ2) is 5.91. The third-order valence-corrected chi connectivity index (χ3v) is 3.70. The summed E-state index contributed by atoms with van der Waals surface area (Å²) in [7, 11) is 1.69. The molecule has 0 unspecified atom stereocenters. The first kappa shape index (κ1) is 14.3. The van der Waals surface area contributed by atoms with E-state index in [4.69, 9.17) is 4.74 Å². The van der Waals surface area contributed by atoms with E-state index in [-0.39, 0.29) is 5.78 Å². The number of Topliss-reactive ketones (excluding diaryl/α,β-unsaturated/α-hetero) is 1. The van der Waals surface area contributed by atoms with Crippen molar-refractivity contribution in [2.24, 2.45) is 0 Å². The molecular weight excluding hydrogens is 248 g/mol. The van der Waals surface area contributed by atoms with Gasteiger partial charge in [-0.1, -0.05) is 37.3 Å². The molecule has 0 fully saturated rings. The molecule has 0 aromatic heterocycles. The fourth-order valence-corrected chi connectivity index (χ4v) is 2.34. The molecule has 2 heteroatoms. The van der Waals surface area contributed by atoms with Crippen LogP contribution >= 0.6 is 0 Å². The lowest BCUT2D eigenvalue weighted by Crippen LogP contribution is -1.98. The van der Waals surface area contributed by atoms with E-state index in [9.17, 15) is 4.79 Å². The van der Waals surface area contributed by atoms with Crippen molar-refractivity contribution in [2.75, 3.05) is 7.11 Å². The van der Waals surface area contributed by atoms with Gasteiger partial charge in [0, 0.05) is 17.5 Å². The van der Waals surface area contributed by atoms with Crippen LogP contribution in [0.25, 0.3) is 11.1 Å². The van der Waals surface area contributed by atoms with E-state index in [1.165, 1.54) is 5.56 Å². The lowest BCUT2D eigenvalue weighted by Gasteiger charge is -2.14. The van der Waals surface area contributed by atoms with E-state index >= 15 is 0 Å². The van der Waals surface area contributed by atoms with Crippen LogP contribution in [0.2, 0.25) is 0 Å². The van der Waals surface area contributed by atoms with Crippen molar-refractivity contribution in [2.45, 2.75) is 27.2 Å². The molecule has 0 aliphatic carbocycles. The van der Waals surface area contributed by atoms with E-state index in [0.29, 0.717) is 6.42 Å². The summed E-state index contributed by atoms with van der Waals surface area (Å²) in [5.74, 6) is 1.04. The van der Waals surface area contributed by atoms with E-state index in [1.807, 2.05) is 31.2 Å². The first-order valence-electron chi connectivity index (χ1n) is 6.86. The normalized spacial score (nSPS) is 10.4. The highest BCUT2D eigenvalue weighted by molar-refractivity contribution is 5.97. The Bertz CT molecular complexity index is 642. The number of hydrogen-bond donors (Lipinski definition) is 0. The molecule has 0 heterocycles. The van der Waals surface area contributed by atoms with Crippen molar-refractivity contribution in [3.8, 4) is 16.9 Å². The highest BCUT2D eigenvalue weighted by Crippen LogP contribution is 2.34. The number of methoxy groups -OCH3 is 1. The molecule has 0 N–H and O–H groups in total. The third kappa shape index (κ3) is 2.60. The topological polar surface area (TPSA) is 26.3 Å². The van der Waals surface area contributed by atoms with Crippen LogP contribution in [-0.4, -0.2) is 12.9 Å². The Hall–Kier alpha value is -2.09. The van der Waals surface area contributed by atoms with Gasteiger partial charge in [-0.3, -0.25) is 4.79 Å². The number of rotatable bonds is 4. The van der Waals surface area contributed by atoms with Gasteiger partial charge in [0.05, 0.1) is 7.11 Å². The minimum absolute atomic E-state index is 0.162. The Balaban J connectivity index is 2.57. The summed E-state index contributed by atoms with van der Waals surface area (Å²) in [4.78, 5) is 11.8. The molecular formula is C18H20O2. The molecule has 104 valence electrons. The molecule has 0 aliphatic rings. The predicted molar refractivity (Wildman–Crippen MR) is 82.5 cm³/mol. The largest absolute Gasteiger partial charge is 0.496 e. The number of hydrogen-bond acceptors (Lipinski definition) is 2. The summed E-state index contributed by atoms with van der Waals surface area (Å²) >= 11 is 0. The van der Waals surface area contributed by atoms with Gasteiger partial charge in [0.1, 0.15) is 5.75 Å². The van der Waals surface area contributed by atoms with Crippen molar-refractivity contribution < 1.29 is 9.53 Å². The Morgan fingerprint density at radius 2 is 1.90 bits per heavy atom. The average molecular weight is 268 g/mol. The molecule has 0 atom stereocenters. The number of ketones is 1. The van der Waals surface area contributed by atoms with E-state index < -0.39 is 0 Å². The van der Waals surface area contributed by atoms with Crippen LogP contribution in [-0.2, 0) is 0 Å². The summed E-state index contributed by atoms with van der Waals surface area (Å²) in [6.07, 6.45) is 0.521. The molecule has 20 heavy (non-hydrogen) atoms. The number of carbonyl (C=O) groups is 1. The van der Waals surface area contributed by atoms with E-state index in [1.54, 1.807) is 7.11 Å². The van der Waals surface area contributed by atoms with Gasteiger partial charge in [0.25, 0.3) is 0 Å². The van der Waals surface area contributed by atoms with Gasteiger partial charge in [-0.2, -0.15) is 0 Å². The maximum atomic E-state index is 11.8. The van der Waals surface area contributed by atoms with E-state index in [0.717, 1.165) is 28.0 Å². The number of ether oxygens (including phenoxy) is 1. The van der Waals surface area contributed by atoms with Crippen LogP contribution in [0, 0.1) is 13.8 Å². The number of carbonyl (C=O) groups excluding carboxylic acids is 1. The zero-order valence-electron chi connectivity index (χ0n) is 12.5. The molecule has 0 aliphatic heterocycles. The summed E-state index contributed by atoms with van der Waals surface area (Å²) in [6.45, 7) is 6.00. The van der Waals surface area contributed by atoms with Gasteiger partial charge in [-0.25, -0.2) is 0 Å². The van der Waals surface area contributed by atoms with Crippen molar-refractivity contribution in [3.63, 3.8) is 0 Å². The standard InChI is InChI=1S/C18H20O2/c1-5-17(19)15-8-6-7-14(11-15)16-10-9-12(2)13(3)18(16)20-4/h6-11H,5H2,1-4H3. The van der Waals surface area contributed by atoms with Crippen LogP contribution in [0.4, 0.5) is 0 Å². The summed E-state index contributed by atoms with van der Waals surface area (Å²) < 4.78 is 5.55. The SMILES string of the molecule is CCC(=O)c1cccc(-c2ccc(C)c(C)c2OC)c1. The molecule has 0 radical (unpaired) electrons. The lowest BCUT2D eigenvalue weighted by atomic mass is 9.96. The monoisotopic (exact) mass is 268 g/mol. The van der Waals surface area contributed by atoms with Crippen LogP contribution in [0.3, 0.4) is 0 Å². The zero-order chi connectivity index (χ0) is 14.7. The van der Waals surface area contributed by atoms with Gasteiger partial charge >= 0.3 is 0 Å². The highest BCUT2D eigenvalue weighted by atomic mass is 16.5. The van der Waals surface area contributed by atoms with Gasteiger partial charge in [-0.05, 0) is 36.6 Å². The first-order valence-corrected chi connectivity index (χ1v) is 6.86. The minimum Gasteiger partial charge on any atom is -0.496 e. The smallest absolute Gasteiger partial charge is 0.162 e. The van der Waals surface area contributed by atoms with Crippen molar-refractivity contribution in [1.82, 2.24) is 0 Å². The molecule has 2 aromatic carbocycles. The molecule has 2 rings (SSSR count). The van der Waals surface area contributed by atoms with E-state index in [2.05, 4.69) is 26.0 Å². The zero-order valence-corrected chi connectivity index (χ0v) is 12.5. The first-order chi connectivity index (χ1) is 9.58. The van der Waals surface area contributed by atoms with Gasteiger partial charge in [0.2, 0.25) is 0 Å². The molecule has 0 saturated carbocycles. The third-order valence-electron chi connectivity index (χ3n) is 3.70. The Kier molecular flexibility index (Phi) is 4.23. The number of aryl methyl sites for hydroxylation is 1. The fraction of sp³-hybridized carbons (Fsp3) is 0.278. The predicted octanol–water partition coefficient (Wildman–Crippen LogP) is 4.57. The molecule has 2 aromatic rings. The van der Waals surface area contributed by atoms with Crippen LogP contribution in [0.5, 0.6) is 5.75 Å². The molecule has 0 saturated heterocycles. The summed E-state index contributed by atoms with van der Waals surface area (Å²) in [6, 6.07) is 11.9. The van der Waals surface area contributed by atoms with Crippen molar-refractivity contribution in [3.05, 3.63) is 53.1 Å². The Labute approximate surface area is 120 Å². The van der Waals surface area contributed by atoms with Crippen LogP contribution in [0.15, 0.2) is 36.4 Å². The van der Waals surface area contributed by atoms with Crippen molar-refractivity contribution in [1.29, 1.82) is 0 Å².